The third kappa shape index (κ3) is 6.59. The second-order valence-corrected chi connectivity index (χ2v) is 9.70. The summed E-state index contributed by atoms with van der Waals surface area (Å²) in [4.78, 5) is 12.4. The summed E-state index contributed by atoms with van der Waals surface area (Å²) < 4.78 is 12.1. The van der Waals surface area contributed by atoms with Crippen LogP contribution in [0.25, 0.3) is 0 Å². The first-order valence-electron chi connectivity index (χ1n) is 10.4. The van der Waals surface area contributed by atoms with Gasteiger partial charge in [-0.05, 0) is 62.8 Å². The van der Waals surface area contributed by atoms with Crippen LogP contribution in [0, 0.1) is 0 Å². The molecule has 0 heterocycles. The summed E-state index contributed by atoms with van der Waals surface area (Å²) in [7, 11) is 1.56. The second-order valence-electron chi connectivity index (χ2n) is 8.44. The zero-order chi connectivity index (χ0) is 24.0. The third-order valence-corrected chi connectivity index (χ3v) is 5.93. The highest BCUT2D eigenvalue weighted by Gasteiger charge is 2.15. The van der Waals surface area contributed by atoms with E-state index < -0.39 is 0 Å². The monoisotopic (exact) mass is 528 g/mol. The van der Waals surface area contributed by atoms with E-state index in [0.29, 0.717) is 33.2 Å². The second kappa shape index (κ2) is 10.9. The Balaban J connectivity index is 1.67. The molecular weight excluding hydrogens is 504 g/mol. The number of methoxy groups -OCH3 is 1. The number of carbonyl (C=O) groups is 1. The summed E-state index contributed by atoms with van der Waals surface area (Å²) >= 11 is 9.73. The first-order chi connectivity index (χ1) is 15.7. The molecule has 0 fully saturated rings. The summed E-state index contributed by atoms with van der Waals surface area (Å²) in [6.45, 7) is 6.69. The molecular formula is C26H26BrClN2O3. The summed E-state index contributed by atoms with van der Waals surface area (Å²) in [6, 6.07) is 18.6. The molecule has 0 radical (unpaired) electrons. The van der Waals surface area contributed by atoms with E-state index in [-0.39, 0.29) is 11.3 Å². The number of nitrogens with zero attached hydrogens (tertiary/aromatic N) is 1. The Labute approximate surface area is 207 Å². The fourth-order valence-electron chi connectivity index (χ4n) is 3.07. The van der Waals surface area contributed by atoms with Crippen molar-refractivity contribution in [2.75, 3.05) is 7.11 Å². The van der Waals surface area contributed by atoms with Gasteiger partial charge in [0.15, 0.2) is 11.5 Å². The quantitative estimate of drug-likeness (QED) is 0.272. The first-order valence-corrected chi connectivity index (χ1v) is 11.5. The number of ether oxygens (including phenoxy) is 2. The van der Waals surface area contributed by atoms with Gasteiger partial charge in [0.1, 0.15) is 6.61 Å². The molecule has 1 amide bonds. The van der Waals surface area contributed by atoms with Gasteiger partial charge in [0.05, 0.1) is 17.8 Å². The van der Waals surface area contributed by atoms with Gasteiger partial charge < -0.3 is 9.47 Å². The number of carbonyl (C=O) groups excluding carboxylic acids is 1. The lowest BCUT2D eigenvalue weighted by Crippen LogP contribution is -2.18. The van der Waals surface area contributed by atoms with E-state index in [9.17, 15) is 4.79 Å². The van der Waals surface area contributed by atoms with Crippen molar-refractivity contribution in [3.63, 3.8) is 0 Å². The number of hydrogen-bond donors (Lipinski definition) is 1. The molecule has 33 heavy (non-hydrogen) atoms. The van der Waals surface area contributed by atoms with E-state index in [2.05, 4.69) is 47.2 Å². The Morgan fingerprint density at radius 1 is 1.12 bits per heavy atom. The molecule has 3 aromatic carbocycles. The molecule has 0 aliphatic rings. The minimum atomic E-state index is -0.280. The average Bonchev–Trinajstić information content (AvgIpc) is 2.78. The van der Waals surface area contributed by atoms with E-state index in [1.54, 1.807) is 31.5 Å². The number of hydrazone groups is 1. The average molecular weight is 530 g/mol. The predicted molar refractivity (Wildman–Crippen MR) is 137 cm³/mol. The normalized spacial score (nSPS) is 11.5. The van der Waals surface area contributed by atoms with Crippen LogP contribution in [0.3, 0.4) is 0 Å². The maximum absolute atomic E-state index is 12.4. The molecule has 0 bridgehead atoms. The van der Waals surface area contributed by atoms with Gasteiger partial charge >= 0.3 is 0 Å². The van der Waals surface area contributed by atoms with Gasteiger partial charge in [-0.2, -0.15) is 5.10 Å². The highest BCUT2D eigenvalue weighted by molar-refractivity contribution is 9.10. The SMILES string of the molecule is COc1cc(C=NNC(=O)c2ccc(C(C)(C)C)cc2)cc(Br)c1OCc1ccccc1Cl. The van der Waals surface area contributed by atoms with Crippen molar-refractivity contribution >= 4 is 39.7 Å². The van der Waals surface area contributed by atoms with Crippen molar-refractivity contribution in [3.05, 3.63) is 92.4 Å². The van der Waals surface area contributed by atoms with E-state index in [0.717, 1.165) is 16.7 Å². The third-order valence-electron chi connectivity index (χ3n) is 4.97. The Morgan fingerprint density at radius 2 is 1.82 bits per heavy atom. The fraction of sp³-hybridized carbons (Fsp3) is 0.231. The predicted octanol–water partition coefficient (Wildman–Crippen LogP) is 6.75. The number of rotatable bonds is 7. The van der Waals surface area contributed by atoms with Crippen LogP contribution in [-0.2, 0) is 12.0 Å². The van der Waals surface area contributed by atoms with Crippen molar-refractivity contribution in [2.24, 2.45) is 5.10 Å². The summed E-state index contributed by atoms with van der Waals surface area (Å²) in [5.74, 6) is 0.803. The smallest absolute Gasteiger partial charge is 0.271 e. The minimum Gasteiger partial charge on any atom is -0.493 e. The molecule has 0 aromatic heterocycles. The number of benzene rings is 3. The zero-order valence-corrected chi connectivity index (χ0v) is 21.3. The molecule has 0 aliphatic carbocycles. The molecule has 0 aliphatic heterocycles. The topological polar surface area (TPSA) is 59.9 Å². The lowest BCUT2D eigenvalue weighted by molar-refractivity contribution is 0.0955. The van der Waals surface area contributed by atoms with Gasteiger partial charge in [0, 0.05) is 16.1 Å². The van der Waals surface area contributed by atoms with Crippen LogP contribution < -0.4 is 14.9 Å². The summed E-state index contributed by atoms with van der Waals surface area (Å²) in [5.41, 5.74) is 5.90. The van der Waals surface area contributed by atoms with Crippen LogP contribution in [0.15, 0.2) is 70.2 Å². The van der Waals surface area contributed by atoms with Crippen molar-refractivity contribution in [1.29, 1.82) is 0 Å². The van der Waals surface area contributed by atoms with E-state index >= 15 is 0 Å². The van der Waals surface area contributed by atoms with Crippen LogP contribution in [0.2, 0.25) is 5.02 Å². The van der Waals surface area contributed by atoms with Crippen molar-refractivity contribution in [2.45, 2.75) is 32.8 Å². The minimum absolute atomic E-state index is 0.0306. The van der Waals surface area contributed by atoms with Crippen LogP contribution >= 0.6 is 27.5 Å². The standard InChI is InChI=1S/C26H26BrClN2O3/c1-26(2,3)20-11-9-18(10-12-20)25(31)30-29-15-17-13-21(27)24(23(14-17)32-4)33-16-19-7-5-6-8-22(19)28/h5-15H,16H2,1-4H3,(H,30,31). The number of hydrogen-bond acceptors (Lipinski definition) is 4. The maximum Gasteiger partial charge on any atom is 0.271 e. The van der Waals surface area contributed by atoms with Crippen molar-refractivity contribution in [3.8, 4) is 11.5 Å². The van der Waals surface area contributed by atoms with Gasteiger partial charge in [-0.1, -0.05) is 62.7 Å². The van der Waals surface area contributed by atoms with E-state index in [4.69, 9.17) is 21.1 Å². The lowest BCUT2D eigenvalue weighted by atomic mass is 9.87. The van der Waals surface area contributed by atoms with Crippen LogP contribution in [-0.4, -0.2) is 19.2 Å². The number of halogens is 2. The molecule has 5 nitrogen and oxygen atoms in total. The van der Waals surface area contributed by atoms with Crippen molar-refractivity contribution in [1.82, 2.24) is 5.43 Å². The number of amides is 1. The lowest BCUT2D eigenvalue weighted by Gasteiger charge is -2.18. The first kappa shape index (κ1) is 24.8. The van der Waals surface area contributed by atoms with Crippen LogP contribution in [0.4, 0.5) is 0 Å². The Bertz CT molecular complexity index is 1160. The molecule has 0 saturated heterocycles. The van der Waals surface area contributed by atoms with Gasteiger partial charge in [-0.15, -0.1) is 0 Å². The van der Waals surface area contributed by atoms with Crippen LogP contribution in [0.5, 0.6) is 11.5 Å². The Kier molecular flexibility index (Phi) is 8.16. The van der Waals surface area contributed by atoms with Crippen LogP contribution in [0.1, 0.15) is 47.8 Å². The molecule has 1 N–H and O–H groups in total. The molecule has 0 unspecified atom stereocenters. The van der Waals surface area contributed by atoms with E-state index in [1.165, 1.54) is 0 Å². The van der Waals surface area contributed by atoms with E-state index in [1.807, 2.05) is 42.5 Å². The Hall–Kier alpha value is -2.83. The molecule has 3 rings (SSSR count). The van der Waals surface area contributed by atoms with Gasteiger partial charge in [-0.3, -0.25) is 4.79 Å². The largest absolute Gasteiger partial charge is 0.493 e. The highest BCUT2D eigenvalue weighted by atomic mass is 79.9. The van der Waals surface area contributed by atoms with Gasteiger partial charge in [-0.25, -0.2) is 5.43 Å². The summed E-state index contributed by atoms with van der Waals surface area (Å²) in [5, 5.41) is 4.72. The highest BCUT2D eigenvalue weighted by Crippen LogP contribution is 2.37. The zero-order valence-electron chi connectivity index (χ0n) is 19.0. The number of nitrogens with one attached hydrogen (secondary N) is 1. The van der Waals surface area contributed by atoms with Gasteiger partial charge in [0.25, 0.3) is 5.91 Å². The van der Waals surface area contributed by atoms with Gasteiger partial charge in [0.2, 0.25) is 0 Å². The molecule has 172 valence electrons. The Morgan fingerprint density at radius 3 is 2.45 bits per heavy atom. The maximum atomic E-state index is 12.4. The molecule has 0 spiro atoms. The molecule has 0 saturated carbocycles. The fourth-order valence-corrected chi connectivity index (χ4v) is 3.84. The molecule has 0 atom stereocenters. The molecule has 3 aromatic rings. The molecule has 7 heteroatoms. The van der Waals surface area contributed by atoms with Crippen molar-refractivity contribution < 1.29 is 14.3 Å². The summed E-state index contributed by atoms with van der Waals surface area (Å²) in [6.07, 6.45) is 1.55.